The number of benzene rings is 2. The Balaban J connectivity index is 2.06. The summed E-state index contributed by atoms with van der Waals surface area (Å²) < 4.78 is 0. The van der Waals surface area contributed by atoms with Crippen molar-refractivity contribution in [2.24, 2.45) is 0 Å². The van der Waals surface area contributed by atoms with Crippen LogP contribution in [0.3, 0.4) is 0 Å². The van der Waals surface area contributed by atoms with E-state index in [9.17, 15) is 34.5 Å². The van der Waals surface area contributed by atoms with Crippen molar-refractivity contribution >= 4 is 23.6 Å². The zero-order chi connectivity index (χ0) is 36.6. The SMILES string of the molecule is CNCCC[C@H](NC(=O)[C@@H]1Cc2cc(ccc2O)-c2ccc(O)c(c2)C[C@H](NC)C(=O)N[C@@H](CCCNC)C(=O)N1)C(=O)N[C@H](CO)CNC. The Morgan fingerprint density at radius 1 is 0.820 bits per heavy atom. The highest BCUT2D eigenvalue weighted by Gasteiger charge is 2.32. The van der Waals surface area contributed by atoms with Crippen LogP contribution < -0.4 is 42.5 Å². The van der Waals surface area contributed by atoms with Crippen molar-refractivity contribution in [1.82, 2.24) is 42.5 Å². The number of aromatic hydroxyl groups is 2. The molecule has 276 valence electrons. The fourth-order valence-electron chi connectivity index (χ4n) is 5.86. The number of phenolic OH excluding ortho intramolecular Hbond substituents is 2. The number of fused-ring (bicyclic) bond motifs is 5. The van der Waals surface area contributed by atoms with E-state index in [-0.39, 0.29) is 43.8 Å². The molecule has 4 amide bonds. The van der Waals surface area contributed by atoms with Gasteiger partial charge in [-0.05, 0) is 113 Å². The summed E-state index contributed by atoms with van der Waals surface area (Å²) in [6, 6.07) is 5.29. The minimum Gasteiger partial charge on any atom is -0.508 e. The minimum atomic E-state index is -1.25. The number of carbonyl (C=O) groups is 4. The van der Waals surface area contributed by atoms with Crippen LogP contribution in [0.2, 0.25) is 0 Å². The summed E-state index contributed by atoms with van der Waals surface area (Å²) >= 11 is 0. The van der Waals surface area contributed by atoms with E-state index in [0.717, 1.165) is 0 Å². The minimum absolute atomic E-state index is 0.00902. The van der Waals surface area contributed by atoms with Crippen molar-refractivity contribution in [3.8, 4) is 22.6 Å². The van der Waals surface area contributed by atoms with Gasteiger partial charge in [0, 0.05) is 19.4 Å². The van der Waals surface area contributed by atoms with Crippen LogP contribution in [0.15, 0.2) is 36.4 Å². The van der Waals surface area contributed by atoms with Crippen LogP contribution in [-0.4, -0.2) is 124 Å². The molecular weight excluding hydrogens is 644 g/mol. The van der Waals surface area contributed by atoms with Crippen LogP contribution in [0, 0.1) is 0 Å². The predicted octanol–water partition coefficient (Wildman–Crippen LogP) is -1.40. The van der Waals surface area contributed by atoms with Crippen molar-refractivity contribution < 1.29 is 34.5 Å². The van der Waals surface area contributed by atoms with Gasteiger partial charge in [-0.1, -0.05) is 12.1 Å². The molecule has 4 bridgehead atoms. The molecule has 5 atom stereocenters. The van der Waals surface area contributed by atoms with Gasteiger partial charge in [-0.3, -0.25) is 19.2 Å². The summed E-state index contributed by atoms with van der Waals surface area (Å²) in [5.74, 6) is -2.31. The average Bonchev–Trinajstić information content (AvgIpc) is 3.10. The van der Waals surface area contributed by atoms with Gasteiger partial charge >= 0.3 is 0 Å². The number of hydrogen-bond acceptors (Lipinski definition) is 11. The van der Waals surface area contributed by atoms with Crippen LogP contribution in [0.25, 0.3) is 11.1 Å². The van der Waals surface area contributed by atoms with E-state index >= 15 is 0 Å². The molecule has 0 saturated carbocycles. The molecule has 2 aromatic carbocycles. The first kappa shape index (κ1) is 40.2. The lowest BCUT2D eigenvalue weighted by atomic mass is 9.95. The van der Waals surface area contributed by atoms with Crippen LogP contribution in [-0.2, 0) is 32.0 Å². The number of nitrogens with one attached hydrogen (secondary N) is 8. The van der Waals surface area contributed by atoms with Gasteiger partial charge in [0.1, 0.15) is 29.6 Å². The number of likely N-dealkylation sites (N-methyl/N-ethyl adjacent to an activating group) is 2. The number of carbonyl (C=O) groups excluding carboxylic acids is 4. The van der Waals surface area contributed by atoms with E-state index in [1.54, 1.807) is 58.5 Å². The van der Waals surface area contributed by atoms with E-state index in [2.05, 4.69) is 42.5 Å². The molecule has 15 heteroatoms. The third kappa shape index (κ3) is 11.7. The van der Waals surface area contributed by atoms with E-state index in [0.29, 0.717) is 54.7 Å². The molecule has 3 rings (SSSR count). The Bertz CT molecular complexity index is 1440. The lowest BCUT2D eigenvalue weighted by Crippen LogP contribution is -2.59. The van der Waals surface area contributed by atoms with E-state index in [1.807, 2.05) is 0 Å². The summed E-state index contributed by atoms with van der Waals surface area (Å²) in [6.07, 6.45) is 1.61. The van der Waals surface area contributed by atoms with Gasteiger partial charge < -0.3 is 57.9 Å². The number of rotatable bonds is 16. The highest BCUT2D eigenvalue weighted by atomic mass is 16.3. The summed E-state index contributed by atoms with van der Waals surface area (Å²) in [6.45, 7) is 1.16. The highest BCUT2D eigenvalue weighted by molar-refractivity contribution is 5.95. The maximum Gasteiger partial charge on any atom is 0.243 e. The molecule has 1 aliphatic rings. The molecular formula is C35H54N8O7. The highest BCUT2D eigenvalue weighted by Crippen LogP contribution is 2.31. The first-order chi connectivity index (χ1) is 24.0. The quantitative estimate of drug-likeness (QED) is 0.0915. The van der Waals surface area contributed by atoms with E-state index < -0.39 is 53.8 Å². The van der Waals surface area contributed by atoms with Gasteiger partial charge in [0.2, 0.25) is 23.6 Å². The Morgan fingerprint density at radius 3 is 2.02 bits per heavy atom. The lowest BCUT2D eigenvalue weighted by molar-refractivity contribution is -0.134. The van der Waals surface area contributed by atoms with Gasteiger partial charge in [0.05, 0.1) is 18.7 Å². The van der Waals surface area contributed by atoms with Gasteiger partial charge in [0.15, 0.2) is 0 Å². The Hall–Kier alpha value is -4.28. The van der Waals surface area contributed by atoms with E-state index in [4.69, 9.17) is 0 Å². The van der Waals surface area contributed by atoms with Crippen molar-refractivity contribution in [3.63, 3.8) is 0 Å². The smallest absolute Gasteiger partial charge is 0.243 e. The van der Waals surface area contributed by atoms with E-state index in [1.165, 1.54) is 6.07 Å². The van der Waals surface area contributed by atoms with Gasteiger partial charge in [-0.25, -0.2) is 0 Å². The normalized spacial score (nSPS) is 19.3. The second kappa shape index (κ2) is 20.4. The summed E-state index contributed by atoms with van der Waals surface area (Å²) in [5.41, 5.74) is 2.26. The van der Waals surface area contributed by atoms with Crippen LogP contribution in [0.4, 0.5) is 0 Å². The third-order valence-electron chi connectivity index (χ3n) is 8.76. The molecule has 0 radical (unpaired) electrons. The molecule has 1 heterocycles. The summed E-state index contributed by atoms with van der Waals surface area (Å²) in [5, 5.41) is 54.5. The van der Waals surface area contributed by atoms with Crippen molar-refractivity contribution in [2.75, 3.05) is 54.4 Å². The molecule has 0 spiro atoms. The molecule has 15 nitrogen and oxygen atoms in total. The number of amides is 4. The summed E-state index contributed by atoms with van der Waals surface area (Å²) in [4.78, 5) is 55.0. The van der Waals surface area contributed by atoms with Crippen molar-refractivity contribution in [3.05, 3.63) is 47.5 Å². The Labute approximate surface area is 293 Å². The standard InChI is InChI=1S/C35H54N8O7/c1-36-13-5-7-26(32(47)40-25(20-44)19-38-3)42-35(50)29-18-24-16-22(10-12-31(24)46)21-9-11-30(45)23(15-21)17-28(39-4)34(49)41-27(33(48)43-29)8-6-14-37-2/h9-12,15-16,25-29,36-39,44-46H,5-8,13-14,17-20H2,1-4H3,(H,40,47)(H,41,49)(H,42,50)(H,43,48)/t25-,26-,27-,28-,29-/m0/s1. The monoisotopic (exact) mass is 698 g/mol. The van der Waals surface area contributed by atoms with Gasteiger partial charge in [-0.2, -0.15) is 0 Å². The number of phenols is 2. The fraction of sp³-hybridized carbons (Fsp3) is 0.543. The largest absolute Gasteiger partial charge is 0.508 e. The maximum atomic E-state index is 14.1. The molecule has 1 aliphatic heterocycles. The third-order valence-corrected chi connectivity index (χ3v) is 8.76. The zero-order valence-corrected chi connectivity index (χ0v) is 29.4. The molecule has 11 N–H and O–H groups in total. The second-order valence-corrected chi connectivity index (χ2v) is 12.6. The first-order valence-electron chi connectivity index (χ1n) is 17.1. The molecule has 0 fully saturated rings. The maximum absolute atomic E-state index is 14.1. The topological polar surface area (TPSA) is 225 Å². The first-order valence-corrected chi connectivity index (χ1v) is 17.1. The van der Waals surface area contributed by atoms with Crippen LogP contribution in [0.5, 0.6) is 11.5 Å². The fourth-order valence-corrected chi connectivity index (χ4v) is 5.86. The summed E-state index contributed by atoms with van der Waals surface area (Å²) in [7, 11) is 6.86. The van der Waals surface area contributed by atoms with Crippen LogP contribution >= 0.6 is 0 Å². The van der Waals surface area contributed by atoms with Crippen LogP contribution in [0.1, 0.15) is 36.8 Å². The average molecular weight is 699 g/mol. The predicted molar refractivity (Wildman–Crippen MR) is 191 cm³/mol. The molecule has 0 aliphatic carbocycles. The molecule has 0 saturated heterocycles. The second-order valence-electron chi connectivity index (χ2n) is 12.6. The molecule has 50 heavy (non-hydrogen) atoms. The Morgan fingerprint density at radius 2 is 1.44 bits per heavy atom. The number of aliphatic hydroxyl groups is 1. The number of hydrogen-bond donors (Lipinski definition) is 11. The number of aliphatic hydroxyl groups excluding tert-OH is 1. The molecule has 0 aromatic heterocycles. The van der Waals surface area contributed by atoms with Crippen molar-refractivity contribution in [1.29, 1.82) is 0 Å². The molecule has 0 unspecified atom stereocenters. The zero-order valence-electron chi connectivity index (χ0n) is 29.4. The Kier molecular flexibility index (Phi) is 16.4. The van der Waals surface area contributed by atoms with Gasteiger partial charge in [-0.15, -0.1) is 0 Å². The van der Waals surface area contributed by atoms with Crippen molar-refractivity contribution in [2.45, 2.75) is 68.7 Å². The van der Waals surface area contributed by atoms with Gasteiger partial charge in [0.25, 0.3) is 0 Å². The molecule has 2 aromatic rings. The lowest BCUT2D eigenvalue weighted by Gasteiger charge is -2.27.